The standard InChI is InChI=1S/C14H19N3O2S/c1-20(18,19)12-7-5-11(6-8-12)13-10-16-14(17-13)4-2-3-9-15/h5-8,10H,2-4,9,15H2,1H3,(H,16,17). The van der Waals surface area contributed by atoms with Crippen LogP contribution in [0, 0.1) is 0 Å². The van der Waals surface area contributed by atoms with Crippen molar-refractivity contribution >= 4 is 9.84 Å². The largest absolute Gasteiger partial charge is 0.342 e. The summed E-state index contributed by atoms with van der Waals surface area (Å²) in [5.74, 6) is 0.931. The SMILES string of the molecule is CS(=O)(=O)c1ccc(-c2cnc(CCCCN)[nH]2)cc1. The third-order valence-corrected chi connectivity index (χ3v) is 4.22. The molecule has 1 aromatic heterocycles. The summed E-state index contributed by atoms with van der Waals surface area (Å²) in [6.45, 7) is 0.695. The smallest absolute Gasteiger partial charge is 0.175 e. The van der Waals surface area contributed by atoms with Gasteiger partial charge in [-0.15, -0.1) is 0 Å². The van der Waals surface area contributed by atoms with Crippen LogP contribution in [0.25, 0.3) is 11.3 Å². The van der Waals surface area contributed by atoms with Gasteiger partial charge in [0.15, 0.2) is 9.84 Å². The Morgan fingerprint density at radius 1 is 1.20 bits per heavy atom. The van der Waals surface area contributed by atoms with Crippen LogP contribution >= 0.6 is 0 Å². The van der Waals surface area contributed by atoms with Gasteiger partial charge in [0.1, 0.15) is 5.82 Å². The summed E-state index contributed by atoms with van der Waals surface area (Å²) in [5.41, 5.74) is 7.28. The van der Waals surface area contributed by atoms with Gasteiger partial charge in [0.25, 0.3) is 0 Å². The van der Waals surface area contributed by atoms with E-state index in [9.17, 15) is 8.42 Å². The summed E-state index contributed by atoms with van der Waals surface area (Å²) in [6.07, 6.45) is 5.84. The summed E-state index contributed by atoms with van der Waals surface area (Å²) >= 11 is 0. The topological polar surface area (TPSA) is 88.8 Å². The zero-order valence-electron chi connectivity index (χ0n) is 11.5. The molecule has 1 heterocycles. The molecule has 3 N–H and O–H groups in total. The first-order valence-electron chi connectivity index (χ1n) is 6.55. The number of imidazole rings is 1. The summed E-state index contributed by atoms with van der Waals surface area (Å²) < 4.78 is 22.8. The van der Waals surface area contributed by atoms with E-state index in [4.69, 9.17) is 5.73 Å². The van der Waals surface area contributed by atoms with Crippen molar-refractivity contribution in [1.29, 1.82) is 0 Å². The van der Waals surface area contributed by atoms with Crippen molar-refractivity contribution in [3.8, 4) is 11.3 Å². The molecule has 2 rings (SSSR count). The van der Waals surface area contributed by atoms with E-state index in [0.717, 1.165) is 36.3 Å². The Balaban J connectivity index is 2.12. The summed E-state index contributed by atoms with van der Waals surface area (Å²) in [4.78, 5) is 7.89. The van der Waals surface area contributed by atoms with Crippen molar-refractivity contribution in [2.45, 2.75) is 24.2 Å². The van der Waals surface area contributed by atoms with Crippen LogP contribution < -0.4 is 5.73 Å². The van der Waals surface area contributed by atoms with Crippen LogP contribution in [0.15, 0.2) is 35.4 Å². The summed E-state index contributed by atoms with van der Waals surface area (Å²) in [7, 11) is -3.15. The molecule has 108 valence electrons. The van der Waals surface area contributed by atoms with Crippen molar-refractivity contribution in [3.05, 3.63) is 36.3 Å². The number of rotatable bonds is 6. The second-order valence-electron chi connectivity index (χ2n) is 4.79. The molecule has 0 amide bonds. The molecule has 0 aliphatic rings. The number of nitrogens with two attached hydrogens (primary N) is 1. The Morgan fingerprint density at radius 2 is 1.90 bits per heavy atom. The first-order chi connectivity index (χ1) is 9.50. The molecule has 0 aliphatic heterocycles. The average Bonchev–Trinajstić information content (AvgIpc) is 2.87. The third-order valence-electron chi connectivity index (χ3n) is 3.09. The molecule has 0 bridgehead atoms. The van der Waals surface area contributed by atoms with Crippen LogP contribution in [0.1, 0.15) is 18.7 Å². The molecule has 5 nitrogen and oxygen atoms in total. The van der Waals surface area contributed by atoms with Gasteiger partial charge in [-0.2, -0.15) is 0 Å². The lowest BCUT2D eigenvalue weighted by Gasteiger charge is -2.01. The van der Waals surface area contributed by atoms with Gasteiger partial charge in [0.05, 0.1) is 16.8 Å². The van der Waals surface area contributed by atoms with Crippen LogP contribution in [0.5, 0.6) is 0 Å². The van der Waals surface area contributed by atoms with E-state index in [2.05, 4.69) is 9.97 Å². The molecule has 0 fully saturated rings. The number of nitrogens with one attached hydrogen (secondary N) is 1. The van der Waals surface area contributed by atoms with Crippen LogP contribution in [-0.4, -0.2) is 31.2 Å². The van der Waals surface area contributed by atoms with Gasteiger partial charge in [-0.3, -0.25) is 0 Å². The van der Waals surface area contributed by atoms with E-state index in [1.54, 1.807) is 30.5 Å². The predicted octanol–water partition coefficient (Wildman–Crippen LogP) is 1.76. The minimum absolute atomic E-state index is 0.323. The number of unbranched alkanes of at least 4 members (excludes halogenated alkanes) is 1. The molecule has 0 aliphatic carbocycles. The Kier molecular flexibility index (Phi) is 4.57. The quantitative estimate of drug-likeness (QED) is 0.794. The van der Waals surface area contributed by atoms with Crippen LogP contribution in [-0.2, 0) is 16.3 Å². The fraction of sp³-hybridized carbons (Fsp3) is 0.357. The molecule has 0 atom stereocenters. The lowest BCUT2D eigenvalue weighted by molar-refractivity contribution is 0.602. The fourth-order valence-corrected chi connectivity index (χ4v) is 2.59. The molecule has 0 spiro atoms. The zero-order valence-corrected chi connectivity index (χ0v) is 12.3. The molecule has 0 saturated carbocycles. The van der Waals surface area contributed by atoms with E-state index in [0.29, 0.717) is 11.4 Å². The summed E-state index contributed by atoms with van der Waals surface area (Å²) in [6, 6.07) is 6.79. The minimum Gasteiger partial charge on any atom is -0.342 e. The molecule has 6 heteroatoms. The third kappa shape index (κ3) is 3.68. The molecule has 2 aromatic rings. The van der Waals surface area contributed by atoms with Gasteiger partial charge in [-0.1, -0.05) is 12.1 Å². The number of hydrogen-bond donors (Lipinski definition) is 2. The van der Waals surface area contributed by atoms with Gasteiger partial charge >= 0.3 is 0 Å². The fourth-order valence-electron chi connectivity index (χ4n) is 1.95. The lowest BCUT2D eigenvalue weighted by Crippen LogP contribution is -1.99. The van der Waals surface area contributed by atoms with Gasteiger partial charge in [0, 0.05) is 12.7 Å². The van der Waals surface area contributed by atoms with E-state index < -0.39 is 9.84 Å². The summed E-state index contributed by atoms with van der Waals surface area (Å²) in [5, 5.41) is 0. The molecule has 0 unspecified atom stereocenters. The molecule has 20 heavy (non-hydrogen) atoms. The first kappa shape index (κ1) is 14.7. The number of aromatic amines is 1. The van der Waals surface area contributed by atoms with Gasteiger partial charge < -0.3 is 10.7 Å². The lowest BCUT2D eigenvalue weighted by atomic mass is 10.2. The van der Waals surface area contributed by atoms with Crippen molar-refractivity contribution in [1.82, 2.24) is 9.97 Å². The number of aromatic nitrogens is 2. The monoisotopic (exact) mass is 293 g/mol. The Labute approximate surface area is 119 Å². The molecular weight excluding hydrogens is 274 g/mol. The Hall–Kier alpha value is -1.66. The maximum absolute atomic E-state index is 11.4. The van der Waals surface area contributed by atoms with Gasteiger partial charge in [0.2, 0.25) is 0 Å². The highest BCUT2D eigenvalue weighted by atomic mass is 32.2. The van der Waals surface area contributed by atoms with Gasteiger partial charge in [-0.25, -0.2) is 13.4 Å². The Bertz CT molecular complexity index is 660. The first-order valence-corrected chi connectivity index (χ1v) is 8.44. The number of sulfone groups is 1. The number of aryl methyl sites for hydroxylation is 1. The highest BCUT2D eigenvalue weighted by molar-refractivity contribution is 7.90. The maximum Gasteiger partial charge on any atom is 0.175 e. The van der Waals surface area contributed by atoms with Crippen molar-refractivity contribution in [3.63, 3.8) is 0 Å². The van der Waals surface area contributed by atoms with Crippen LogP contribution in [0.3, 0.4) is 0 Å². The number of hydrogen-bond acceptors (Lipinski definition) is 4. The van der Waals surface area contributed by atoms with E-state index >= 15 is 0 Å². The highest BCUT2D eigenvalue weighted by Crippen LogP contribution is 2.20. The highest BCUT2D eigenvalue weighted by Gasteiger charge is 2.08. The number of nitrogens with zero attached hydrogens (tertiary/aromatic N) is 1. The second-order valence-corrected chi connectivity index (χ2v) is 6.80. The molecular formula is C14H19N3O2S. The normalized spacial score (nSPS) is 11.7. The van der Waals surface area contributed by atoms with Crippen LogP contribution in [0.2, 0.25) is 0 Å². The number of H-pyrrole nitrogens is 1. The predicted molar refractivity (Wildman–Crippen MR) is 79.1 cm³/mol. The minimum atomic E-state index is -3.15. The van der Waals surface area contributed by atoms with Crippen molar-refractivity contribution in [2.24, 2.45) is 5.73 Å². The van der Waals surface area contributed by atoms with Crippen molar-refractivity contribution < 1.29 is 8.42 Å². The molecule has 1 aromatic carbocycles. The average molecular weight is 293 g/mol. The van der Waals surface area contributed by atoms with E-state index in [1.165, 1.54) is 6.26 Å². The van der Waals surface area contributed by atoms with Gasteiger partial charge in [-0.05, 0) is 37.1 Å². The van der Waals surface area contributed by atoms with E-state index in [-0.39, 0.29) is 0 Å². The maximum atomic E-state index is 11.4. The molecule has 0 saturated heterocycles. The van der Waals surface area contributed by atoms with Crippen molar-refractivity contribution in [2.75, 3.05) is 12.8 Å². The zero-order chi connectivity index (χ0) is 14.6. The van der Waals surface area contributed by atoms with E-state index in [1.807, 2.05) is 0 Å². The Morgan fingerprint density at radius 3 is 2.50 bits per heavy atom. The van der Waals surface area contributed by atoms with Crippen LogP contribution in [0.4, 0.5) is 0 Å². The molecule has 0 radical (unpaired) electrons. The second kappa shape index (κ2) is 6.19. The number of benzene rings is 1.